The smallest absolute Gasteiger partial charge is 0.161 e. The molecule has 0 atom stereocenters. The van der Waals surface area contributed by atoms with E-state index in [1.807, 2.05) is 30.3 Å². The molecule has 0 bridgehead atoms. The first-order chi connectivity index (χ1) is 23.8. The largest absolute Gasteiger partial charge is 0.455 e. The monoisotopic (exact) mass is 613 g/mol. The number of aromatic nitrogens is 3. The zero-order valence-corrected chi connectivity index (χ0v) is 25.8. The first kappa shape index (κ1) is 26.7. The molecule has 0 saturated carbocycles. The number of hydrogen-bond donors (Lipinski definition) is 0. The fourth-order valence-electron chi connectivity index (χ4n) is 7.25. The predicted octanol–water partition coefficient (Wildman–Crippen LogP) is 11.6. The fraction of sp³-hybridized carbons (Fsp3) is 0. The third-order valence-corrected chi connectivity index (χ3v) is 9.42. The number of benzene rings is 7. The van der Waals surface area contributed by atoms with E-state index in [-0.39, 0.29) is 0 Å². The Hall–Kier alpha value is -6.52. The lowest BCUT2D eigenvalue weighted by Gasteiger charge is -2.12. The normalized spacial score (nSPS) is 11.8. The molecule has 7 aromatic carbocycles. The minimum Gasteiger partial charge on any atom is -0.455 e. The summed E-state index contributed by atoms with van der Waals surface area (Å²) in [5.41, 5.74) is 11.1. The third-order valence-electron chi connectivity index (χ3n) is 9.42. The van der Waals surface area contributed by atoms with Crippen LogP contribution in [0.15, 0.2) is 168 Å². The van der Waals surface area contributed by atoms with Gasteiger partial charge in [-0.25, -0.2) is 9.97 Å². The van der Waals surface area contributed by atoms with Crippen LogP contribution in [0.25, 0.3) is 94.1 Å². The van der Waals surface area contributed by atoms with E-state index in [0.29, 0.717) is 5.82 Å². The van der Waals surface area contributed by atoms with Gasteiger partial charge in [-0.1, -0.05) is 109 Å². The van der Waals surface area contributed by atoms with Gasteiger partial charge in [-0.2, -0.15) is 0 Å². The minimum atomic E-state index is 0.678. The van der Waals surface area contributed by atoms with E-state index in [9.17, 15) is 0 Å². The first-order valence-electron chi connectivity index (χ1n) is 16.2. The van der Waals surface area contributed by atoms with Crippen LogP contribution in [0.4, 0.5) is 0 Å². The Morgan fingerprint density at radius 3 is 1.98 bits per heavy atom. The molecule has 224 valence electrons. The first-order valence-corrected chi connectivity index (χ1v) is 16.2. The molecule has 0 aliphatic carbocycles. The lowest BCUT2D eigenvalue weighted by atomic mass is 9.96. The van der Waals surface area contributed by atoms with Crippen LogP contribution in [0.3, 0.4) is 0 Å². The number of fused-ring (bicyclic) bond motifs is 7. The van der Waals surface area contributed by atoms with Crippen LogP contribution in [0.5, 0.6) is 0 Å². The van der Waals surface area contributed by atoms with Crippen molar-refractivity contribution in [2.45, 2.75) is 0 Å². The highest BCUT2D eigenvalue weighted by molar-refractivity contribution is 6.17. The zero-order valence-electron chi connectivity index (χ0n) is 25.8. The Morgan fingerprint density at radius 1 is 0.458 bits per heavy atom. The second kappa shape index (κ2) is 10.5. The molecule has 4 heteroatoms. The Labute approximate surface area is 276 Å². The second-order valence-electron chi connectivity index (χ2n) is 12.2. The van der Waals surface area contributed by atoms with Crippen molar-refractivity contribution in [3.63, 3.8) is 0 Å². The fourth-order valence-corrected chi connectivity index (χ4v) is 7.25. The van der Waals surface area contributed by atoms with Gasteiger partial charge in [-0.15, -0.1) is 0 Å². The van der Waals surface area contributed by atoms with Gasteiger partial charge in [0.2, 0.25) is 0 Å². The quantitative estimate of drug-likeness (QED) is 0.198. The molecule has 0 fully saturated rings. The lowest BCUT2D eigenvalue weighted by Crippen LogP contribution is -1.96. The highest BCUT2D eigenvalue weighted by Crippen LogP contribution is 2.43. The average Bonchev–Trinajstić information content (AvgIpc) is 3.71. The molecule has 0 radical (unpaired) electrons. The van der Waals surface area contributed by atoms with Gasteiger partial charge in [0, 0.05) is 49.3 Å². The molecule has 0 unspecified atom stereocenters. The van der Waals surface area contributed by atoms with Crippen LogP contribution >= 0.6 is 0 Å². The predicted molar refractivity (Wildman–Crippen MR) is 197 cm³/mol. The maximum Gasteiger partial charge on any atom is 0.161 e. The van der Waals surface area contributed by atoms with E-state index in [1.165, 1.54) is 21.8 Å². The molecule has 10 rings (SSSR count). The van der Waals surface area contributed by atoms with Crippen LogP contribution in [0.2, 0.25) is 0 Å². The Balaban J connectivity index is 1.23. The van der Waals surface area contributed by atoms with Gasteiger partial charge in [-0.05, 0) is 60.2 Å². The lowest BCUT2D eigenvalue weighted by molar-refractivity contribution is 0.670. The van der Waals surface area contributed by atoms with Gasteiger partial charge in [0.25, 0.3) is 0 Å². The maximum atomic E-state index is 6.72. The minimum absolute atomic E-state index is 0.678. The number of para-hydroxylation sites is 4. The summed E-state index contributed by atoms with van der Waals surface area (Å²) < 4.78 is 9.06. The van der Waals surface area contributed by atoms with Gasteiger partial charge in [0.1, 0.15) is 11.2 Å². The molecule has 0 spiro atoms. The third kappa shape index (κ3) is 4.03. The molecule has 3 aromatic heterocycles. The Morgan fingerprint density at radius 2 is 1.12 bits per heavy atom. The van der Waals surface area contributed by atoms with Gasteiger partial charge in [0.05, 0.1) is 22.2 Å². The van der Waals surface area contributed by atoms with Crippen molar-refractivity contribution in [3.05, 3.63) is 164 Å². The highest BCUT2D eigenvalue weighted by Gasteiger charge is 2.21. The summed E-state index contributed by atoms with van der Waals surface area (Å²) in [5.74, 6) is 0.678. The van der Waals surface area contributed by atoms with Crippen molar-refractivity contribution in [1.29, 1.82) is 0 Å². The summed E-state index contributed by atoms with van der Waals surface area (Å²) in [4.78, 5) is 10.4. The van der Waals surface area contributed by atoms with E-state index < -0.39 is 0 Å². The molecule has 0 saturated heterocycles. The van der Waals surface area contributed by atoms with Crippen LogP contribution in [0, 0.1) is 0 Å². The standard InChI is InChI=1S/C44H27N3O/c1-3-13-28(14-4-1)42-33-18-7-10-20-37(33)45-44(46-42)35-25-24-31(43-41(35)34-19-9-12-22-40(34)48-43)29-23-26-39-36(27-29)32-17-8-11-21-38(32)47(39)30-15-5-2-6-16-30/h1-27H. The summed E-state index contributed by atoms with van der Waals surface area (Å²) in [5, 5.41) is 5.51. The number of hydrogen-bond acceptors (Lipinski definition) is 3. The summed E-state index contributed by atoms with van der Waals surface area (Å²) in [6.45, 7) is 0. The Kier molecular flexibility index (Phi) is 5.84. The van der Waals surface area contributed by atoms with E-state index in [4.69, 9.17) is 14.4 Å². The van der Waals surface area contributed by atoms with Gasteiger partial charge >= 0.3 is 0 Å². The number of nitrogens with zero attached hydrogens (tertiary/aromatic N) is 3. The molecular formula is C44H27N3O. The van der Waals surface area contributed by atoms with E-state index in [2.05, 4.69) is 138 Å². The topological polar surface area (TPSA) is 43.9 Å². The van der Waals surface area contributed by atoms with E-state index in [1.54, 1.807) is 0 Å². The Bertz CT molecular complexity index is 2830. The summed E-state index contributed by atoms with van der Waals surface area (Å²) in [6, 6.07) is 57.1. The maximum absolute atomic E-state index is 6.72. The van der Waals surface area contributed by atoms with Crippen molar-refractivity contribution in [2.24, 2.45) is 0 Å². The van der Waals surface area contributed by atoms with E-state index >= 15 is 0 Å². The zero-order chi connectivity index (χ0) is 31.6. The molecule has 3 heterocycles. The number of furan rings is 1. The molecule has 0 amide bonds. The van der Waals surface area contributed by atoms with Crippen LogP contribution in [-0.4, -0.2) is 14.5 Å². The van der Waals surface area contributed by atoms with Crippen LogP contribution < -0.4 is 0 Å². The van der Waals surface area contributed by atoms with Crippen LogP contribution in [-0.2, 0) is 0 Å². The van der Waals surface area contributed by atoms with E-state index in [0.717, 1.165) is 66.5 Å². The van der Waals surface area contributed by atoms with Crippen molar-refractivity contribution in [1.82, 2.24) is 14.5 Å². The molecule has 4 nitrogen and oxygen atoms in total. The van der Waals surface area contributed by atoms with Crippen molar-refractivity contribution in [2.75, 3.05) is 0 Å². The summed E-state index contributed by atoms with van der Waals surface area (Å²) in [6.07, 6.45) is 0. The van der Waals surface area contributed by atoms with Crippen molar-refractivity contribution < 1.29 is 4.42 Å². The summed E-state index contributed by atoms with van der Waals surface area (Å²) >= 11 is 0. The molecule has 0 aliphatic heterocycles. The molecule has 10 aromatic rings. The molecule has 48 heavy (non-hydrogen) atoms. The highest BCUT2D eigenvalue weighted by atomic mass is 16.3. The van der Waals surface area contributed by atoms with Crippen molar-refractivity contribution in [3.8, 4) is 39.5 Å². The van der Waals surface area contributed by atoms with Gasteiger partial charge in [-0.3, -0.25) is 0 Å². The molecule has 0 aliphatic rings. The van der Waals surface area contributed by atoms with Gasteiger partial charge in [0.15, 0.2) is 5.82 Å². The SMILES string of the molecule is c1ccc(-c2nc(-c3ccc(-c4ccc5c(c4)c4ccccc4n5-c4ccccc4)c4oc5ccccc5c34)nc3ccccc23)cc1. The van der Waals surface area contributed by atoms with Crippen LogP contribution in [0.1, 0.15) is 0 Å². The molecule has 0 N–H and O–H groups in total. The average molecular weight is 614 g/mol. The molecular weight excluding hydrogens is 587 g/mol. The van der Waals surface area contributed by atoms with Gasteiger partial charge < -0.3 is 8.98 Å². The number of rotatable bonds is 4. The second-order valence-corrected chi connectivity index (χ2v) is 12.2. The van der Waals surface area contributed by atoms with Crippen molar-refractivity contribution >= 4 is 54.6 Å². The summed E-state index contributed by atoms with van der Waals surface area (Å²) in [7, 11) is 0.